The molecule has 0 saturated heterocycles. The molecule has 2 aromatic carbocycles. The molecule has 0 aliphatic carbocycles. The standard InChI is InChI=1S/C16H14F2N2O2/c17-12-7-5-10(6-8-12)16(22)20-14(15(19)21)9-11-3-1-2-4-13(11)18/h1-8,14H,9H2,(H2,19,21)(H,20,22)/t14-/m1/s1. The van der Waals surface area contributed by atoms with Gasteiger partial charge in [-0.15, -0.1) is 0 Å². The van der Waals surface area contributed by atoms with E-state index < -0.39 is 29.5 Å². The molecule has 1 atom stereocenters. The molecular formula is C16H14F2N2O2. The van der Waals surface area contributed by atoms with Gasteiger partial charge in [0.2, 0.25) is 5.91 Å². The van der Waals surface area contributed by atoms with Crippen molar-refractivity contribution in [3.63, 3.8) is 0 Å². The van der Waals surface area contributed by atoms with Gasteiger partial charge in [-0.25, -0.2) is 8.78 Å². The van der Waals surface area contributed by atoms with Gasteiger partial charge in [0, 0.05) is 12.0 Å². The fourth-order valence-electron chi connectivity index (χ4n) is 1.95. The van der Waals surface area contributed by atoms with E-state index in [1.165, 1.54) is 30.3 Å². The highest BCUT2D eigenvalue weighted by Crippen LogP contribution is 2.10. The molecule has 4 nitrogen and oxygen atoms in total. The molecule has 22 heavy (non-hydrogen) atoms. The first kappa shape index (κ1) is 15.6. The highest BCUT2D eigenvalue weighted by Gasteiger charge is 2.20. The van der Waals surface area contributed by atoms with Crippen LogP contribution in [0.3, 0.4) is 0 Å². The van der Waals surface area contributed by atoms with Crippen molar-refractivity contribution >= 4 is 11.8 Å². The average molecular weight is 304 g/mol. The van der Waals surface area contributed by atoms with Crippen LogP contribution in [0, 0.1) is 11.6 Å². The maximum atomic E-state index is 13.6. The summed E-state index contributed by atoms with van der Waals surface area (Å²) in [6, 6.07) is 9.68. The number of carbonyl (C=O) groups excluding carboxylic acids is 2. The Bertz CT molecular complexity index is 687. The summed E-state index contributed by atoms with van der Waals surface area (Å²) >= 11 is 0. The fourth-order valence-corrected chi connectivity index (χ4v) is 1.95. The van der Waals surface area contributed by atoms with E-state index in [0.717, 1.165) is 12.1 Å². The monoisotopic (exact) mass is 304 g/mol. The Labute approximate surface area is 125 Å². The molecule has 6 heteroatoms. The minimum atomic E-state index is -1.06. The van der Waals surface area contributed by atoms with Gasteiger partial charge in [0.25, 0.3) is 5.91 Å². The maximum absolute atomic E-state index is 13.6. The molecule has 0 spiro atoms. The number of nitrogens with one attached hydrogen (secondary N) is 1. The van der Waals surface area contributed by atoms with Crippen LogP contribution < -0.4 is 11.1 Å². The van der Waals surface area contributed by atoms with Gasteiger partial charge in [0.1, 0.15) is 17.7 Å². The number of carbonyl (C=O) groups is 2. The minimum absolute atomic E-state index is 0.0606. The lowest BCUT2D eigenvalue weighted by Gasteiger charge is -2.16. The van der Waals surface area contributed by atoms with Crippen molar-refractivity contribution in [2.75, 3.05) is 0 Å². The molecule has 0 bridgehead atoms. The first-order valence-electron chi connectivity index (χ1n) is 6.56. The third kappa shape index (κ3) is 3.88. The molecule has 114 valence electrons. The van der Waals surface area contributed by atoms with Crippen LogP contribution in [-0.4, -0.2) is 17.9 Å². The van der Waals surface area contributed by atoms with Gasteiger partial charge in [-0.1, -0.05) is 18.2 Å². The number of amides is 2. The lowest BCUT2D eigenvalue weighted by Crippen LogP contribution is -2.46. The van der Waals surface area contributed by atoms with Gasteiger partial charge in [-0.05, 0) is 35.9 Å². The van der Waals surface area contributed by atoms with E-state index >= 15 is 0 Å². The highest BCUT2D eigenvalue weighted by molar-refractivity contribution is 5.97. The summed E-state index contributed by atoms with van der Waals surface area (Å²) in [5.74, 6) is -2.32. The van der Waals surface area contributed by atoms with Gasteiger partial charge < -0.3 is 11.1 Å². The summed E-state index contributed by atoms with van der Waals surface area (Å²) in [5.41, 5.74) is 5.70. The van der Waals surface area contributed by atoms with Gasteiger partial charge in [-0.3, -0.25) is 9.59 Å². The van der Waals surface area contributed by atoms with Crippen LogP contribution in [-0.2, 0) is 11.2 Å². The van der Waals surface area contributed by atoms with Crippen molar-refractivity contribution in [1.29, 1.82) is 0 Å². The van der Waals surface area contributed by atoms with Crippen LogP contribution >= 0.6 is 0 Å². The molecule has 0 radical (unpaired) electrons. The Morgan fingerprint density at radius 3 is 2.27 bits per heavy atom. The molecular weight excluding hydrogens is 290 g/mol. The van der Waals surface area contributed by atoms with Gasteiger partial charge in [0.15, 0.2) is 0 Å². The third-order valence-electron chi connectivity index (χ3n) is 3.14. The number of nitrogens with two attached hydrogens (primary N) is 1. The number of primary amides is 1. The molecule has 3 N–H and O–H groups in total. The summed E-state index contributed by atoms with van der Waals surface area (Å²) in [6.45, 7) is 0. The lowest BCUT2D eigenvalue weighted by atomic mass is 10.0. The molecule has 0 heterocycles. The van der Waals surface area contributed by atoms with Crippen molar-refractivity contribution in [3.8, 4) is 0 Å². The van der Waals surface area contributed by atoms with Crippen LogP contribution in [0.4, 0.5) is 8.78 Å². The van der Waals surface area contributed by atoms with Crippen LogP contribution in [0.2, 0.25) is 0 Å². The predicted molar refractivity (Wildman–Crippen MR) is 77.0 cm³/mol. The summed E-state index contributed by atoms with van der Waals surface area (Å²) in [5, 5.41) is 2.43. The quantitative estimate of drug-likeness (QED) is 0.884. The van der Waals surface area contributed by atoms with E-state index in [1.807, 2.05) is 0 Å². The second-order valence-electron chi connectivity index (χ2n) is 4.73. The summed E-state index contributed by atoms with van der Waals surface area (Å²) in [6.07, 6.45) is -0.0606. The topological polar surface area (TPSA) is 72.2 Å². The van der Waals surface area contributed by atoms with Crippen LogP contribution in [0.25, 0.3) is 0 Å². The molecule has 0 unspecified atom stereocenters. The Kier molecular flexibility index (Phi) is 4.83. The maximum Gasteiger partial charge on any atom is 0.251 e. The highest BCUT2D eigenvalue weighted by atomic mass is 19.1. The Hall–Kier alpha value is -2.76. The molecule has 0 aromatic heterocycles. The molecule has 0 fully saturated rings. The Morgan fingerprint density at radius 2 is 1.68 bits per heavy atom. The van der Waals surface area contributed by atoms with E-state index in [1.54, 1.807) is 6.07 Å². The lowest BCUT2D eigenvalue weighted by molar-refractivity contribution is -0.119. The number of hydrogen-bond acceptors (Lipinski definition) is 2. The molecule has 0 aliphatic rings. The zero-order chi connectivity index (χ0) is 16.1. The minimum Gasteiger partial charge on any atom is -0.368 e. The van der Waals surface area contributed by atoms with Crippen molar-refractivity contribution in [1.82, 2.24) is 5.32 Å². The first-order chi connectivity index (χ1) is 10.5. The van der Waals surface area contributed by atoms with E-state index in [0.29, 0.717) is 0 Å². The molecule has 2 rings (SSSR count). The van der Waals surface area contributed by atoms with E-state index in [-0.39, 0.29) is 17.5 Å². The van der Waals surface area contributed by atoms with Crippen LogP contribution in [0.15, 0.2) is 48.5 Å². The third-order valence-corrected chi connectivity index (χ3v) is 3.14. The molecule has 2 amide bonds. The van der Waals surface area contributed by atoms with Gasteiger partial charge in [-0.2, -0.15) is 0 Å². The van der Waals surface area contributed by atoms with Crippen molar-refractivity contribution in [2.24, 2.45) is 5.73 Å². The van der Waals surface area contributed by atoms with Crippen LogP contribution in [0.5, 0.6) is 0 Å². The summed E-state index contributed by atoms with van der Waals surface area (Å²) < 4.78 is 26.4. The molecule has 2 aromatic rings. The second-order valence-corrected chi connectivity index (χ2v) is 4.73. The second kappa shape index (κ2) is 6.80. The van der Waals surface area contributed by atoms with Crippen LogP contribution in [0.1, 0.15) is 15.9 Å². The summed E-state index contributed by atoms with van der Waals surface area (Å²) in [7, 11) is 0. The first-order valence-corrected chi connectivity index (χ1v) is 6.56. The Balaban J connectivity index is 2.12. The largest absolute Gasteiger partial charge is 0.368 e. The van der Waals surface area contributed by atoms with E-state index in [4.69, 9.17) is 5.73 Å². The molecule has 0 aliphatic heterocycles. The normalized spacial score (nSPS) is 11.7. The number of hydrogen-bond donors (Lipinski definition) is 2. The summed E-state index contributed by atoms with van der Waals surface area (Å²) in [4.78, 5) is 23.5. The zero-order valence-corrected chi connectivity index (χ0v) is 11.6. The molecule has 0 saturated carbocycles. The number of halogens is 2. The van der Waals surface area contributed by atoms with E-state index in [2.05, 4.69) is 5.32 Å². The fraction of sp³-hybridized carbons (Fsp3) is 0.125. The zero-order valence-electron chi connectivity index (χ0n) is 11.6. The number of benzene rings is 2. The number of rotatable bonds is 5. The van der Waals surface area contributed by atoms with Gasteiger partial charge >= 0.3 is 0 Å². The van der Waals surface area contributed by atoms with Gasteiger partial charge in [0.05, 0.1) is 0 Å². The smallest absolute Gasteiger partial charge is 0.251 e. The van der Waals surface area contributed by atoms with Crippen molar-refractivity contribution < 1.29 is 18.4 Å². The average Bonchev–Trinajstić information content (AvgIpc) is 2.49. The van der Waals surface area contributed by atoms with Crippen molar-refractivity contribution in [2.45, 2.75) is 12.5 Å². The Morgan fingerprint density at radius 1 is 1.05 bits per heavy atom. The predicted octanol–water partition coefficient (Wildman–Crippen LogP) is 1.79. The van der Waals surface area contributed by atoms with E-state index in [9.17, 15) is 18.4 Å². The SMILES string of the molecule is NC(=O)[C@@H](Cc1ccccc1F)NC(=O)c1ccc(F)cc1. The van der Waals surface area contributed by atoms with Crippen molar-refractivity contribution in [3.05, 3.63) is 71.3 Å².